The van der Waals surface area contributed by atoms with Crippen LogP contribution in [0.5, 0.6) is 0 Å². The van der Waals surface area contributed by atoms with Gasteiger partial charge in [-0.15, -0.1) is 5.10 Å². The quantitative estimate of drug-likeness (QED) is 0.773. The second-order valence-corrected chi connectivity index (χ2v) is 5.78. The number of carbonyl (C=O) groups excluding carboxylic acids is 1. The predicted octanol–water partition coefficient (Wildman–Crippen LogP) is 3.24. The van der Waals surface area contributed by atoms with E-state index in [9.17, 15) is 14.0 Å². The molecule has 1 amide bonds. The fourth-order valence-electron chi connectivity index (χ4n) is 2.21. The SMILES string of the molecule is Cc1cc(Cl)ccc1NC(=O)Cn1nc(-c2ccc(F)cc2)oc1=O. The van der Waals surface area contributed by atoms with Gasteiger partial charge in [0.15, 0.2) is 0 Å². The summed E-state index contributed by atoms with van der Waals surface area (Å²) in [4.78, 5) is 24.0. The van der Waals surface area contributed by atoms with Crippen molar-refractivity contribution in [1.29, 1.82) is 0 Å². The van der Waals surface area contributed by atoms with Gasteiger partial charge in [-0.1, -0.05) is 11.6 Å². The molecule has 25 heavy (non-hydrogen) atoms. The summed E-state index contributed by atoms with van der Waals surface area (Å²) in [7, 11) is 0. The van der Waals surface area contributed by atoms with Crippen molar-refractivity contribution in [3.63, 3.8) is 0 Å². The summed E-state index contributed by atoms with van der Waals surface area (Å²) in [6.45, 7) is 1.49. The molecule has 0 fully saturated rings. The van der Waals surface area contributed by atoms with E-state index in [1.165, 1.54) is 24.3 Å². The number of benzene rings is 2. The molecule has 6 nitrogen and oxygen atoms in total. The Morgan fingerprint density at radius 3 is 2.68 bits per heavy atom. The summed E-state index contributed by atoms with van der Waals surface area (Å²) in [5, 5.41) is 7.20. The number of nitrogens with zero attached hydrogens (tertiary/aromatic N) is 2. The highest BCUT2D eigenvalue weighted by molar-refractivity contribution is 6.30. The average molecular weight is 362 g/mol. The van der Waals surface area contributed by atoms with Crippen LogP contribution in [-0.2, 0) is 11.3 Å². The molecule has 1 N–H and O–H groups in total. The van der Waals surface area contributed by atoms with Crippen molar-refractivity contribution in [3.8, 4) is 11.5 Å². The summed E-state index contributed by atoms with van der Waals surface area (Å²) in [5.41, 5.74) is 1.82. The highest BCUT2D eigenvalue weighted by Crippen LogP contribution is 2.19. The first-order chi connectivity index (χ1) is 11.9. The fourth-order valence-corrected chi connectivity index (χ4v) is 2.44. The highest BCUT2D eigenvalue weighted by atomic mass is 35.5. The summed E-state index contributed by atoms with van der Waals surface area (Å²) in [6.07, 6.45) is 0. The molecule has 0 unspecified atom stereocenters. The Morgan fingerprint density at radius 1 is 1.28 bits per heavy atom. The van der Waals surface area contributed by atoms with Crippen LogP contribution in [0.25, 0.3) is 11.5 Å². The maximum absolute atomic E-state index is 12.9. The maximum Gasteiger partial charge on any atom is 0.437 e. The smallest absolute Gasteiger partial charge is 0.388 e. The van der Waals surface area contributed by atoms with Crippen molar-refractivity contribution in [3.05, 3.63) is 69.4 Å². The largest absolute Gasteiger partial charge is 0.437 e. The number of hydrogen-bond acceptors (Lipinski definition) is 4. The normalized spacial score (nSPS) is 10.7. The number of aryl methyl sites for hydroxylation is 1. The lowest BCUT2D eigenvalue weighted by atomic mass is 10.2. The van der Waals surface area contributed by atoms with Crippen LogP contribution < -0.4 is 11.1 Å². The Kier molecular flexibility index (Phi) is 4.67. The van der Waals surface area contributed by atoms with Gasteiger partial charge in [0.2, 0.25) is 11.8 Å². The van der Waals surface area contributed by atoms with E-state index in [1.807, 2.05) is 0 Å². The molecule has 0 bridgehead atoms. The number of rotatable bonds is 4. The Balaban J connectivity index is 1.75. The van der Waals surface area contributed by atoms with Gasteiger partial charge in [-0.05, 0) is 55.0 Å². The van der Waals surface area contributed by atoms with E-state index in [0.29, 0.717) is 16.3 Å². The van der Waals surface area contributed by atoms with Crippen molar-refractivity contribution < 1.29 is 13.6 Å². The monoisotopic (exact) mass is 361 g/mol. The third kappa shape index (κ3) is 3.95. The lowest BCUT2D eigenvalue weighted by Gasteiger charge is -2.08. The zero-order valence-electron chi connectivity index (χ0n) is 13.1. The van der Waals surface area contributed by atoms with Crippen molar-refractivity contribution >= 4 is 23.2 Å². The van der Waals surface area contributed by atoms with E-state index in [0.717, 1.165) is 10.2 Å². The lowest BCUT2D eigenvalue weighted by Crippen LogP contribution is -2.26. The highest BCUT2D eigenvalue weighted by Gasteiger charge is 2.14. The number of halogens is 2. The lowest BCUT2D eigenvalue weighted by molar-refractivity contribution is -0.117. The number of aromatic nitrogens is 2. The third-order valence-corrected chi connectivity index (χ3v) is 3.69. The standard InChI is InChI=1S/C17H13ClFN3O3/c1-10-8-12(18)4-7-14(10)20-15(23)9-22-17(24)25-16(21-22)11-2-5-13(19)6-3-11/h2-8H,9H2,1H3,(H,20,23). The summed E-state index contributed by atoms with van der Waals surface area (Å²) in [5.74, 6) is -1.61. The molecule has 1 aromatic heterocycles. The van der Waals surface area contributed by atoms with Crippen LogP contribution in [0.2, 0.25) is 5.02 Å². The summed E-state index contributed by atoms with van der Waals surface area (Å²) in [6, 6.07) is 10.4. The van der Waals surface area contributed by atoms with Crippen molar-refractivity contribution in [1.82, 2.24) is 9.78 Å². The van der Waals surface area contributed by atoms with E-state index in [4.69, 9.17) is 16.0 Å². The van der Waals surface area contributed by atoms with Gasteiger partial charge >= 0.3 is 5.76 Å². The molecule has 0 saturated carbocycles. The van der Waals surface area contributed by atoms with E-state index in [2.05, 4.69) is 10.4 Å². The number of anilines is 1. The first-order valence-corrected chi connectivity index (χ1v) is 7.70. The molecule has 8 heteroatoms. The molecular weight excluding hydrogens is 349 g/mol. The predicted molar refractivity (Wildman–Crippen MR) is 91.0 cm³/mol. The van der Waals surface area contributed by atoms with E-state index in [1.54, 1.807) is 25.1 Å². The minimum atomic E-state index is -0.776. The molecule has 3 aromatic rings. The molecule has 0 aliphatic carbocycles. The minimum absolute atomic E-state index is 0.0143. The van der Waals surface area contributed by atoms with Crippen LogP contribution in [0.1, 0.15) is 5.56 Å². The molecule has 0 aliphatic rings. The van der Waals surface area contributed by atoms with E-state index < -0.39 is 17.5 Å². The van der Waals surface area contributed by atoms with E-state index in [-0.39, 0.29) is 12.4 Å². The molecule has 0 atom stereocenters. The van der Waals surface area contributed by atoms with Crippen LogP contribution in [-0.4, -0.2) is 15.7 Å². The van der Waals surface area contributed by atoms with Crippen LogP contribution in [0.3, 0.4) is 0 Å². The average Bonchev–Trinajstić information content (AvgIpc) is 2.91. The zero-order chi connectivity index (χ0) is 18.0. The van der Waals surface area contributed by atoms with Gasteiger partial charge < -0.3 is 9.73 Å². The Bertz CT molecular complexity index is 980. The van der Waals surface area contributed by atoms with Crippen LogP contribution in [0, 0.1) is 12.7 Å². The van der Waals surface area contributed by atoms with Gasteiger partial charge in [-0.2, -0.15) is 4.68 Å². The Morgan fingerprint density at radius 2 is 2.00 bits per heavy atom. The Hall–Kier alpha value is -2.93. The molecular formula is C17H13ClFN3O3. The second kappa shape index (κ2) is 6.90. The molecule has 3 rings (SSSR count). The van der Waals surface area contributed by atoms with Gasteiger partial charge in [0.25, 0.3) is 0 Å². The molecule has 1 heterocycles. The zero-order valence-corrected chi connectivity index (χ0v) is 13.9. The topological polar surface area (TPSA) is 77.1 Å². The molecule has 0 aliphatic heterocycles. The third-order valence-electron chi connectivity index (χ3n) is 3.45. The second-order valence-electron chi connectivity index (χ2n) is 5.35. The number of carbonyl (C=O) groups is 1. The van der Waals surface area contributed by atoms with Gasteiger partial charge in [-0.3, -0.25) is 4.79 Å². The van der Waals surface area contributed by atoms with Crippen LogP contribution in [0.4, 0.5) is 10.1 Å². The van der Waals surface area contributed by atoms with Crippen LogP contribution >= 0.6 is 11.6 Å². The molecule has 0 spiro atoms. The first-order valence-electron chi connectivity index (χ1n) is 7.32. The van der Waals surface area contributed by atoms with Gasteiger partial charge in [0.1, 0.15) is 12.4 Å². The number of nitrogens with one attached hydrogen (secondary N) is 1. The first kappa shape index (κ1) is 16.9. The number of hydrogen-bond donors (Lipinski definition) is 1. The fraction of sp³-hybridized carbons (Fsp3) is 0.118. The summed E-state index contributed by atoms with van der Waals surface area (Å²) >= 11 is 5.87. The molecule has 0 radical (unpaired) electrons. The van der Waals surface area contributed by atoms with Crippen molar-refractivity contribution in [2.45, 2.75) is 13.5 Å². The maximum atomic E-state index is 12.9. The molecule has 2 aromatic carbocycles. The van der Waals surface area contributed by atoms with Crippen molar-refractivity contribution in [2.24, 2.45) is 0 Å². The van der Waals surface area contributed by atoms with E-state index >= 15 is 0 Å². The van der Waals surface area contributed by atoms with Gasteiger partial charge in [-0.25, -0.2) is 9.18 Å². The van der Waals surface area contributed by atoms with Crippen LogP contribution in [0.15, 0.2) is 51.7 Å². The van der Waals surface area contributed by atoms with Gasteiger partial charge in [0, 0.05) is 16.3 Å². The molecule has 0 saturated heterocycles. The van der Waals surface area contributed by atoms with Gasteiger partial charge in [0.05, 0.1) is 0 Å². The molecule has 128 valence electrons. The summed E-state index contributed by atoms with van der Waals surface area (Å²) < 4.78 is 18.9. The van der Waals surface area contributed by atoms with Crippen molar-refractivity contribution in [2.75, 3.05) is 5.32 Å². The number of amides is 1. The Labute approximate surface area is 146 Å². The minimum Gasteiger partial charge on any atom is -0.388 e.